The smallest absolute Gasteiger partial charge is 0.298 e. The molecule has 0 bridgehead atoms. The SMILES string of the molecule is CCc1c(C(C(C)(C)CC(C)C)C(C)(C)CC(C)(C)C)c(OC)c(OC)c(O)c1S(=O)(=O)O. The van der Waals surface area contributed by atoms with Crippen molar-refractivity contribution in [2.45, 2.75) is 99.3 Å². The van der Waals surface area contributed by atoms with Gasteiger partial charge >= 0.3 is 0 Å². The molecular weight excluding hydrogens is 440 g/mol. The predicted molar refractivity (Wildman–Crippen MR) is 134 cm³/mol. The molecule has 0 radical (unpaired) electrons. The standard InChI is InChI=1S/C26H46O6S/c1-13-17-18(20(31-11)21(32-12)19(27)22(17)33(28,29)30)23(25(7,8)14-16(2)3)26(9,10)15-24(4,5)6/h16,23,27H,13-15H2,1-12H3,(H,28,29,30). The van der Waals surface area contributed by atoms with E-state index in [0.29, 0.717) is 22.8 Å². The highest BCUT2D eigenvalue weighted by Gasteiger charge is 2.47. The van der Waals surface area contributed by atoms with Crippen molar-refractivity contribution in [2.24, 2.45) is 22.2 Å². The fourth-order valence-corrected chi connectivity index (χ4v) is 7.44. The minimum atomic E-state index is -4.72. The van der Waals surface area contributed by atoms with Gasteiger partial charge in [0.2, 0.25) is 5.75 Å². The fourth-order valence-electron chi connectivity index (χ4n) is 6.54. The number of rotatable bonds is 10. The molecule has 192 valence electrons. The Morgan fingerprint density at radius 1 is 0.909 bits per heavy atom. The molecule has 6 nitrogen and oxygen atoms in total. The molecule has 2 N–H and O–H groups in total. The van der Waals surface area contributed by atoms with E-state index < -0.39 is 20.8 Å². The summed E-state index contributed by atoms with van der Waals surface area (Å²) in [7, 11) is -1.87. The maximum absolute atomic E-state index is 12.5. The minimum absolute atomic E-state index is 0.0160. The Bertz CT molecular complexity index is 937. The van der Waals surface area contributed by atoms with Gasteiger partial charge in [0.25, 0.3) is 10.1 Å². The topological polar surface area (TPSA) is 93.1 Å². The number of ether oxygens (including phenoxy) is 2. The average Bonchev–Trinajstić information content (AvgIpc) is 2.56. The molecule has 1 aromatic carbocycles. The zero-order valence-electron chi connectivity index (χ0n) is 22.7. The van der Waals surface area contributed by atoms with Crippen LogP contribution in [0.4, 0.5) is 0 Å². The van der Waals surface area contributed by atoms with Crippen molar-refractivity contribution in [2.75, 3.05) is 14.2 Å². The van der Waals surface area contributed by atoms with Crippen molar-refractivity contribution in [1.29, 1.82) is 0 Å². The second-order valence-corrected chi connectivity index (χ2v) is 13.6. The first kappa shape index (κ1) is 29.6. The van der Waals surface area contributed by atoms with Crippen LogP contribution >= 0.6 is 0 Å². The van der Waals surface area contributed by atoms with Gasteiger partial charge in [-0.1, -0.05) is 69.2 Å². The first-order valence-corrected chi connectivity index (χ1v) is 13.2. The number of phenolic OH excluding ortho intramolecular Hbond substituents is 1. The van der Waals surface area contributed by atoms with Gasteiger partial charge in [-0.05, 0) is 52.9 Å². The number of hydrogen-bond donors (Lipinski definition) is 2. The summed E-state index contributed by atoms with van der Waals surface area (Å²) in [5, 5.41) is 10.8. The molecule has 0 fully saturated rings. The van der Waals surface area contributed by atoms with Gasteiger partial charge < -0.3 is 14.6 Å². The summed E-state index contributed by atoms with van der Waals surface area (Å²) < 4.78 is 46.3. The highest BCUT2D eigenvalue weighted by atomic mass is 32.2. The lowest BCUT2D eigenvalue weighted by atomic mass is 9.55. The van der Waals surface area contributed by atoms with Crippen molar-refractivity contribution in [3.63, 3.8) is 0 Å². The Morgan fingerprint density at radius 3 is 1.73 bits per heavy atom. The zero-order chi connectivity index (χ0) is 26.2. The van der Waals surface area contributed by atoms with Gasteiger partial charge in [0.1, 0.15) is 4.90 Å². The molecule has 0 aliphatic carbocycles. The van der Waals surface area contributed by atoms with E-state index >= 15 is 0 Å². The van der Waals surface area contributed by atoms with Crippen LogP contribution in [-0.4, -0.2) is 32.3 Å². The third-order valence-corrected chi connectivity index (χ3v) is 7.23. The average molecular weight is 487 g/mol. The van der Waals surface area contributed by atoms with E-state index in [1.807, 2.05) is 6.92 Å². The third kappa shape index (κ3) is 6.56. The molecule has 0 saturated carbocycles. The molecule has 0 aliphatic rings. The molecule has 0 amide bonds. The summed E-state index contributed by atoms with van der Waals surface area (Å²) in [6, 6.07) is 0. The highest BCUT2D eigenvalue weighted by molar-refractivity contribution is 7.86. The molecular formula is C26H46O6S. The van der Waals surface area contributed by atoms with Crippen molar-refractivity contribution in [3.8, 4) is 17.2 Å². The van der Waals surface area contributed by atoms with Crippen molar-refractivity contribution in [1.82, 2.24) is 0 Å². The number of aromatic hydroxyl groups is 1. The lowest BCUT2D eigenvalue weighted by Crippen LogP contribution is -2.38. The second-order valence-electron chi connectivity index (χ2n) is 12.2. The Morgan fingerprint density at radius 2 is 1.39 bits per heavy atom. The normalized spacial score (nSPS) is 14.5. The first-order valence-electron chi connectivity index (χ1n) is 11.7. The second kappa shape index (κ2) is 10.0. The molecule has 7 heteroatoms. The summed E-state index contributed by atoms with van der Waals surface area (Å²) in [5.41, 5.74) is 0.520. The van der Waals surface area contributed by atoms with Crippen LogP contribution in [0.1, 0.15) is 99.1 Å². The quantitative estimate of drug-likeness (QED) is 0.352. The van der Waals surface area contributed by atoms with E-state index in [-0.39, 0.29) is 34.3 Å². The van der Waals surface area contributed by atoms with Gasteiger partial charge in [0, 0.05) is 5.56 Å². The van der Waals surface area contributed by atoms with Gasteiger partial charge in [0.05, 0.1) is 14.2 Å². The Labute approximate surface area is 201 Å². The minimum Gasteiger partial charge on any atom is -0.503 e. The van der Waals surface area contributed by atoms with E-state index in [1.54, 1.807) is 0 Å². The van der Waals surface area contributed by atoms with Crippen LogP contribution in [0.3, 0.4) is 0 Å². The van der Waals surface area contributed by atoms with Crippen LogP contribution in [0.5, 0.6) is 17.2 Å². The van der Waals surface area contributed by atoms with Gasteiger partial charge in [-0.2, -0.15) is 8.42 Å². The number of benzene rings is 1. The summed E-state index contributed by atoms with van der Waals surface area (Å²) in [6.45, 7) is 21.6. The third-order valence-electron chi connectivity index (χ3n) is 6.27. The van der Waals surface area contributed by atoms with E-state index in [4.69, 9.17) is 9.47 Å². The predicted octanol–water partition coefficient (Wildman–Crippen LogP) is 6.84. The largest absolute Gasteiger partial charge is 0.503 e. The van der Waals surface area contributed by atoms with E-state index in [9.17, 15) is 18.1 Å². The Hall–Kier alpha value is -1.47. The molecule has 0 aliphatic heterocycles. The monoisotopic (exact) mass is 486 g/mol. The molecule has 1 atom stereocenters. The van der Waals surface area contributed by atoms with Crippen LogP contribution in [0, 0.1) is 22.2 Å². The molecule has 1 rings (SSSR count). The summed E-state index contributed by atoms with van der Waals surface area (Å²) in [6.07, 6.45) is 2.04. The van der Waals surface area contributed by atoms with Gasteiger partial charge in [-0.15, -0.1) is 0 Å². The zero-order valence-corrected chi connectivity index (χ0v) is 23.5. The maximum Gasteiger partial charge on any atom is 0.298 e. The lowest BCUT2D eigenvalue weighted by Gasteiger charge is -2.49. The van der Waals surface area contributed by atoms with Crippen LogP contribution in [0.25, 0.3) is 0 Å². The van der Waals surface area contributed by atoms with Crippen LogP contribution < -0.4 is 9.47 Å². The molecule has 0 heterocycles. The van der Waals surface area contributed by atoms with Crippen molar-refractivity contribution in [3.05, 3.63) is 11.1 Å². The van der Waals surface area contributed by atoms with Crippen LogP contribution in [0.2, 0.25) is 0 Å². The fraction of sp³-hybridized carbons (Fsp3) is 0.769. The molecule has 1 unspecified atom stereocenters. The summed E-state index contributed by atoms with van der Waals surface area (Å²) >= 11 is 0. The summed E-state index contributed by atoms with van der Waals surface area (Å²) in [5.74, 6) is -0.126. The van der Waals surface area contributed by atoms with Crippen molar-refractivity contribution >= 4 is 10.1 Å². The molecule has 33 heavy (non-hydrogen) atoms. The lowest BCUT2D eigenvalue weighted by molar-refractivity contribution is 0.0761. The number of methoxy groups -OCH3 is 2. The Kier molecular flexibility index (Phi) is 8.98. The van der Waals surface area contributed by atoms with Gasteiger partial charge in [-0.3, -0.25) is 4.55 Å². The highest BCUT2D eigenvalue weighted by Crippen LogP contribution is 2.60. The molecule has 1 aromatic rings. The van der Waals surface area contributed by atoms with Gasteiger partial charge in [0.15, 0.2) is 11.5 Å². The van der Waals surface area contributed by atoms with E-state index in [2.05, 4.69) is 62.3 Å². The Balaban J connectivity index is 4.33. The molecule has 0 spiro atoms. The molecule has 0 aromatic heterocycles. The maximum atomic E-state index is 12.5. The van der Waals surface area contributed by atoms with Crippen molar-refractivity contribution < 1.29 is 27.6 Å². The molecule has 0 saturated heterocycles. The van der Waals surface area contributed by atoms with Crippen LogP contribution in [-0.2, 0) is 16.5 Å². The number of hydrogen-bond acceptors (Lipinski definition) is 5. The van der Waals surface area contributed by atoms with Gasteiger partial charge in [-0.25, -0.2) is 0 Å². The van der Waals surface area contributed by atoms with E-state index in [1.165, 1.54) is 14.2 Å². The number of phenols is 1. The van der Waals surface area contributed by atoms with E-state index in [0.717, 1.165) is 12.8 Å². The van der Waals surface area contributed by atoms with Crippen LogP contribution in [0.15, 0.2) is 4.90 Å². The first-order chi connectivity index (χ1) is 14.7. The summed E-state index contributed by atoms with van der Waals surface area (Å²) in [4.78, 5) is -0.491.